The number of nitrogens with zero attached hydrogens (tertiary/aromatic N) is 6. The highest BCUT2D eigenvalue weighted by Gasteiger charge is 2.33. The third-order valence-corrected chi connectivity index (χ3v) is 8.00. The summed E-state index contributed by atoms with van der Waals surface area (Å²) in [6, 6.07) is 15.6. The molecule has 2 fully saturated rings. The molecule has 0 radical (unpaired) electrons. The molecule has 6 rings (SSSR count). The van der Waals surface area contributed by atoms with Crippen molar-refractivity contribution in [3.63, 3.8) is 0 Å². The molecular weight excluding hydrogens is 614 g/mol. The van der Waals surface area contributed by atoms with Crippen molar-refractivity contribution in [2.45, 2.75) is 25.6 Å². The molecule has 0 saturated carbocycles. The van der Waals surface area contributed by atoms with Gasteiger partial charge in [0, 0.05) is 18.7 Å². The zero-order valence-electron chi connectivity index (χ0n) is 23.5. The first-order valence-electron chi connectivity index (χ1n) is 13.9. The number of aromatic nitrogens is 3. The lowest BCUT2D eigenvalue weighted by atomic mass is 10.1. The third kappa shape index (κ3) is 6.93. The number of urea groups is 1. The minimum Gasteiger partial charge on any atom is -0.406 e. The fourth-order valence-electron chi connectivity index (χ4n) is 5.04. The molecule has 1 aromatic heterocycles. The summed E-state index contributed by atoms with van der Waals surface area (Å²) in [5.74, 6) is -1.09. The van der Waals surface area contributed by atoms with E-state index in [4.69, 9.17) is 0 Å². The van der Waals surface area contributed by atoms with E-state index in [-0.39, 0.29) is 34.1 Å². The molecule has 3 amide bonds. The lowest BCUT2D eigenvalue weighted by Crippen LogP contribution is -2.35. The van der Waals surface area contributed by atoms with Crippen LogP contribution in [0.5, 0.6) is 5.75 Å². The van der Waals surface area contributed by atoms with Gasteiger partial charge in [-0.25, -0.2) is 18.9 Å². The molecule has 2 saturated heterocycles. The summed E-state index contributed by atoms with van der Waals surface area (Å²) in [6.45, 7) is 1.75. The van der Waals surface area contributed by atoms with Crippen LogP contribution in [0.1, 0.15) is 19.3 Å². The molecule has 45 heavy (non-hydrogen) atoms. The lowest BCUT2D eigenvalue weighted by Gasteiger charge is -2.32. The van der Waals surface area contributed by atoms with Gasteiger partial charge in [-0.1, -0.05) is 23.9 Å². The van der Waals surface area contributed by atoms with Crippen LogP contribution in [0.3, 0.4) is 0 Å². The standard InChI is InChI=1S/C30H25F4N7O3S/c31-22-16-19(27-35-18-40(38-27)20-9-11-21(12-10-20)44-30(32,33)34)8-13-23(22)36-28(43)37-29-41(26(42)17-45-29)25-7-3-2-6-24(25)39-14-4-1-5-15-39/h2-3,6-13,16,18H,1,4-5,14-15,17H2,(H,36,43). The number of hydrogen-bond donors (Lipinski definition) is 1. The first kappa shape index (κ1) is 30.1. The van der Waals surface area contributed by atoms with Crippen LogP contribution in [-0.2, 0) is 4.79 Å². The van der Waals surface area contributed by atoms with E-state index in [9.17, 15) is 22.8 Å². The van der Waals surface area contributed by atoms with Crippen molar-refractivity contribution in [1.29, 1.82) is 0 Å². The predicted molar refractivity (Wildman–Crippen MR) is 162 cm³/mol. The molecule has 0 atom stereocenters. The van der Waals surface area contributed by atoms with E-state index >= 15 is 4.39 Å². The molecule has 1 N–H and O–H groups in total. The second-order valence-electron chi connectivity index (χ2n) is 10.1. The van der Waals surface area contributed by atoms with Crippen LogP contribution in [-0.4, -0.2) is 57.1 Å². The SMILES string of the molecule is O=C(N=C1SCC(=O)N1c1ccccc1N1CCCCC1)Nc1ccc(-c2ncn(-c3ccc(OC(F)(F)F)cc3)n2)cc1F. The van der Waals surface area contributed by atoms with Crippen LogP contribution < -0.4 is 19.9 Å². The Hall–Kier alpha value is -4.92. The number of halogens is 4. The van der Waals surface area contributed by atoms with Gasteiger partial charge in [-0.05, 0) is 73.9 Å². The van der Waals surface area contributed by atoms with Crippen LogP contribution >= 0.6 is 11.8 Å². The molecule has 4 aromatic rings. The van der Waals surface area contributed by atoms with Gasteiger partial charge in [0.1, 0.15) is 17.9 Å². The zero-order valence-corrected chi connectivity index (χ0v) is 24.3. The van der Waals surface area contributed by atoms with Crippen molar-refractivity contribution in [2.24, 2.45) is 4.99 Å². The predicted octanol–water partition coefficient (Wildman–Crippen LogP) is 6.63. The normalized spacial score (nSPS) is 16.4. The molecule has 232 valence electrons. The zero-order chi connectivity index (χ0) is 31.6. The fraction of sp³-hybridized carbons (Fsp3) is 0.233. The number of amides is 3. The summed E-state index contributed by atoms with van der Waals surface area (Å²) in [7, 11) is 0. The smallest absolute Gasteiger partial charge is 0.406 e. The number of piperidine rings is 1. The quantitative estimate of drug-likeness (QED) is 0.236. The Kier molecular flexibility index (Phi) is 8.43. The Morgan fingerprint density at radius 2 is 1.71 bits per heavy atom. The maximum atomic E-state index is 15.1. The molecule has 10 nitrogen and oxygen atoms in total. The van der Waals surface area contributed by atoms with Gasteiger partial charge in [0.05, 0.1) is 28.5 Å². The van der Waals surface area contributed by atoms with Crippen molar-refractivity contribution in [3.05, 3.63) is 78.9 Å². The molecule has 3 aromatic carbocycles. The van der Waals surface area contributed by atoms with Crippen LogP contribution in [0.2, 0.25) is 0 Å². The van der Waals surface area contributed by atoms with E-state index in [0.717, 1.165) is 68.0 Å². The number of ether oxygens (including phenoxy) is 1. The maximum Gasteiger partial charge on any atom is 0.573 e. The number of aliphatic imine (C=N–C) groups is 1. The Labute approximate surface area is 258 Å². The van der Waals surface area contributed by atoms with Crippen LogP contribution in [0.15, 0.2) is 78.0 Å². The summed E-state index contributed by atoms with van der Waals surface area (Å²) in [4.78, 5) is 37.7. The first-order valence-corrected chi connectivity index (χ1v) is 14.9. The van der Waals surface area contributed by atoms with Gasteiger partial charge in [0.15, 0.2) is 11.0 Å². The number of thioether (sulfide) groups is 1. The summed E-state index contributed by atoms with van der Waals surface area (Å²) in [6.07, 6.45) is -0.211. The number of benzene rings is 3. The molecule has 2 aliphatic heterocycles. The Balaban J connectivity index is 1.16. The Morgan fingerprint density at radius 3 is 2.42 bits per heavy atom. The highest BCUT2D eigenvalue weighted by atomic mass is 32.2. The highest BCUT2D eigenvalue weighted by Crippen LogP contribution is 2.36. The number of hydrogen-bond acceptors (Lipinski definition) is 7. The second-order valence-corrected chi connectivity index (χ2v) is 11.1. The van der Waals surface area contributed by atoms with Gasteiger partial charge >= 0.3 is 12.4 Å². The van der Waals surface area contributed by atoms with Gasteiger partial charge in [-0.2, -0.15) is 4.99 Å². The number of carbonyl (C=O) groups excluding carboxylic acids is 2. The Morgan fingerprint density at radius 1 is 0.978 bits per heavy atom. The minimum atomic E-state index is -4.81. The molecule has 15 heteroatoms. The topological polar surface area (TPSA) is 105 Å². The van der Waals surface area contributed by atoms with Gasteiger partial charge in [-0.15, -0.1) is 18.3 Å². The summed E-state index contributed by atoms with van der Waals surface area (Å²) >= 11 is 1.13. The largest absolute Gasteiger partial charge is 0.573 e. The van der Waals surface area contributed by atoms with Crippen molar-refractivity contribution >= 4 is 45.9 Å². The average molecular weight is 640 g/mol. The number of anilines is 3. The van der Waals surface area contributed by atoms with E-state index in [0.29, 0.717) is 16.9 Å². The van der Waals surface area contributed by atoms with Gasteiger partial charge < -0.3 is 15.0 Å². The van der Waals surface area contributed by atoms with Gasteiger partial charge in [0.25, 0.3) is 0 Å². The van der Waals surface area contributed by atoms with Crippen LogP contribution in [0.25, 0.3) is 17.1 Å². The Bertz CT molecular complexity index is 1750. The molecule has 0 unspecified atom stereocenters. The number of rotatable bonds is 6. The molecule has 0 spiro atoms. The van der Waals surface area contributed by atoms with Gasteiger partial charge in [0.2, 0.25) is 5.91 Å². The molecule has 2 aliphatic rings. The van der Waals surface area contributed by atoms with Crippen LogP contribution in [0, 0.1) is 5.82 Å². The van der Waals surface area contributed by atoms with E-state index in [1.807, 2.05) is 24.3 Å². The van der Waals surface area contributed by atoms with Crippen molar-refractivity contribution < 1.29 is 31.9 Å². The van der Waals surface area contributed by atoms with E-state index in [1.165, 1.54) is 40.2 Å². The summed E-state index contributed by atoms with van der Waals surface area (Å²) in [5.41, 5.74) is 2.11. The van der Waals surface area contributed by atoms with Crippen molar-refractivity contribution in [2.75, 3.05) is 34.0 Å². The second kappa shape index (κ2) is 12.6. The number of amidine groups is 1. The minimum absolute atomic E-state index is 0.120. The number of para-hydroxylation sites is 2. The van der Waals surface area contributed by atoms with Gasteiger partial charge in [-0.3, -0.25) is 9.69 Å². The van der Waals surface area contributed by atoms with E-state index in [2.05, 4.69) is 30.0 Å². The van der Waals surface area contributed by atoms with Crippen molar-refractivity contribution in [3.8, 4) is 22.8 Å². The highest BCUT2D eigenvalue weighted by molar-refractivity contribution is 8.15. The lowest BCUT2D eigenvalue weighted by molar-refractivity contribution is -0.274. The third-order valence-electron chi connectivity index (χ3n) is 7.08. The van der Waals surface area contributed by atoms with E-state index in [1.54, 1.807) is 0 Å². The number of carbonyl (C=O) groups is 2. The molecule has 0 aliphatic carbocycles. The average Bonchev–Trinajstić information content (AvgIpc) is 3.65. The maximum absolute atomic E-state index is 15.1. The number of nitrogens with one attached hydrogen (secondary N) is 1. The molecule has 3 heterocycles. The molecule has 0 bridgehead atoms. The fourth-order valence-corrected chi connectivity index (χ4v) is 5.90. The van der Waals surface area contributed by atoms with Crippen molar-refractivity contribution in [1.82, 2.24) is 14.8 Å². The summed E-state index contributed by atoms with van der Waals surface area (Å²) in [5, 5.41) is 6.90. The first-order chi connectivity index (χ1) is 21.6. The van der Waals surface area contributed by atoms with E-state index < -0.39 is 18.2 Å². The van der Waals surface area contributed by atoms with Crippen LogP contribution in [0.4, 0.5) is 39.4 Å². The summed E-state index contributed by atoms with van der Waals surface area (Å²) < 4.78 is 57.5. The monoisotopic (exact) mass is 639 g/mol. The molecular formula is C30H25F4N7O3S. The number of alkyl halides is 3.